The lowest BCUT2D eigenvalue weighted by Crippen LogP contribution is -2.41. The molecule has 106 valence electrons. The van der Waals surface area contributed by atoms with Crippen molar-refractivity contribution in [2.75, 3.05) is 7.05 Å². The van der Waals surface area contributed by atoms with Crippen LogP contribution in [0.15, 0.2) is 24.3 Å². The summed E-state index contributed by atoms with van der Waals surface area (Å²) in [5.74, 6) is 1.19. The van der Waals surface area contributed by atoms with Crippen LogP contribution in [0.2, 0.25) is 0 Å². The van der Waals surface area contributed by atoms with E-state index in [9.17, 15) is 0 Å². The van der Waals surface area contributed by atoms with Crippen LogP contribution in [-0.4, -0.2) is 25.3 Å². The number of hydrogen-bond donors (Lipinski definition) is 1. The van der Waals surface area contributed by atoms with Gasteiger partial charge in [-0.05, 0) is 45.7 Å². The fourth-order valence-corrected chi connectivity index (χ4v) is 3.40. The molecule has 1 fully saturated rings. The maximum atomic E-state index is 5.99. The Balaban J connectivity index is 2.09. The van der Waals surface area contributed by atoms with Crippen LogP contribution in [0.25, 0.3) is 0 Å². The van der Waals surface area contributed by atoms with Crippen molar-refractivity contribution in [2.45, 2.75) is 52.4 Å². The molecule has 0 amide bonds. The van der Waals surface area contributed by atoms with Crippen molar-refractivity contribution in [1.82, 2.24) is 5.32 Å². The molecule has 2 nitrogen and oxygen atoms in total. The first-order valence-corrected chi connectivity index (χ1v) is 7.41. The first-order chi connectivity index (χ1) is 9.02. The number of aryl methyl sites for hydroxylation is 1. The fourth-order valence-electron chi connectivity index (χ4n) is 3.40. The third-order valence-electron chi connectivity index (χ3n) is 4.73. The Hall–Kier alpha value is -0.860. The molecule has 1 saturated heterocycles. The second kappa shape index (κ2) is 6.06. The van der Waals surface area contributed by atoms with Gasteiger partial charge in [0.05, 0.1) is 12.2 Å². The van der Waals surface area contributed by atoms with Crippen LogP contribution in [0.3, 0.4) is 0 Å². The molecule has 5 atom stereocenters. The van der Waals surface area contributed by atoms with Gasteiger partial charge in [-0.15, -0.1) is 0 Å². The molecule has 0 radical (unpaired) electrons. The first-order valence-electron chi connectivity index (χ1n) is 7.41. The van der Waals surface area contributed by atoms with E-state index in [4.69, 9.17) is 4.74 Å². The summed E-state index contributed by atoms with van der Waals surface area (Å²) in [7, 11) is 2.07. The lowest BCUT2D eigenvalue weighted by Gasteiger charge is -2.29. The maximum Gasteiger partial charge on any atom is 0.0597 e. The molecule has 1 aliphatic heterocycles. The normalized spacial score (nSPS) is 32.5. The highest BCUT2D eigenvalue weighted by molar-refractivity contribution is 5.22. The van der Waals surface area contributed by atoms with Gasteiger partial charge in [-0.25, -0.2) is 0 Å². The van der Waals surface area contributed by atoms with Crippen molar-refractivity contribution < 1.29 is 4.74 Å². The van der Waals surface area contributed by atoms with Crippen LogP contribution in [0, 0.1) is 18.8 Å². The van der Waals surface area contributed by atoms with Gasteiger partial charge in [0, 0.05) is 12.0 Å². The molecule has 0 aliphatic carbocycles. The van der Waals surface area contributed by atoms with Crippen molar-refractivity contribution in [3.8, 4) is 0 Å². The van der Waals surface area contributed by atoms with Crippen molar-refractivity contribution in [2.24, 2.45) is 11.8 Å². The van der Waals surface area contributed by atoms with Crippen LogP contribution < -0.4 is 5.32 Å². The number of likely N-dealkylation sites (N-methyl/N-ethyl adjacent to an activating group) is 1. The quantitative estimate of drug-likeness (QED) is 0.899. The van der Waals surface area contributed by atoms with Gasteiger partial charge in [0.25, 0.3) is 0 Å². The van der Waals surface area contributed by atoms with Gasteiger partial charge in [-0.1, -0.05) is 36.8 Å². The van der Waals surface area contributed by atoms with Crippen molar-refractivity contribution in [1.29, 1.82) is 0 Å². The molecule has 1 aromatic rings. The number of nitrogens with one attached hydrogen (secondary N) is 1. The Morgan fingerprint density at radius 1 is 1.11 bits per heavy atom. The minimum atomic E-state index is 0.341. The van der Waals surface area contributed by atoms with Crippen LogP contribution >= 0.6 is 0 Å². The Morgan fingerprint density at radius 3 is 2.21 bits per heavy atom. The Morgan fingerprint density at radius 2 is 1.74 bits per heavy atom. The van der Waals surface area contributed by atoms with E-state index in [1.807, 2.05) is 0 Å². The maximum absolute atomic E-state index is 5.99. The molecule has 1 aliphatic rings. The van der Waals surface area contributed by atoms with E-state index in [-0.39, 0.29) is 0 Å². The summed E-state index contributed by atoms with van der Waals surface area (Å²) in [6.45, 7) is 8.86. The van der Waals surface area contributed by atoms with Gasteiger partial charge in [0.1, 0.15) is 0 Å². The smallest absolute Gasteiger partial charge is 0.0597 e. The van der Waals surface area contributed by atoms with Gasteiger partial charge in [-0.2, -0.15) is 0 Å². The molecule has 1 N–H and O–H groups in total. The first kappa shape index (κ1) is 14.5. The third kappa shape index (κ3) is 3.18. The van der Waals surface area contributed by atoms with E-state index >= 15 is 0 Å². The van der Waals surface area contributed by atoms with Crippen LogP contribution in [0.1, 0.15) is 31.9 Å². The molecule has 2 rings (SSSR count). The summed E-state index contributed by atoms with van der Waals surface area (Å²) < 4.78 is 5.99. The van der Waals surface area contributed by atoms with Crippen molar-refractivity contribution in [3.05, 3.63) is 35.4 Å². The molecule has 0 spiro atoms. The number of benzene rings is 1. The molecule has 0 bridgehead atoms. The zero-order valence-corrected chi connectivity index (χ0v) is 12.8. The van der Waals surface area contributed by atoms with Crippen molar-refractivity contribution >= 4 is 0 Å². The monoisotopic (exact) mass is 261 g/mol. The molecule has 1 heterocycles. The minimum absolute atomic E-state index is 0.341. The van der Waals surface area contributed by atoms with Crippen LogP contribution in [0.5, 0.6) is 0 Å². The molecule has 0 saturated carbocycles. The number of hydrogen-bond acceptors (Lipinski definition) is 2. The molecule has 5 unspecified atom stereocenters. The Kier molecular flexibility index (Phi) is 4.64. The zero-order valence-electron chi connectivity index (χ0n) is 12.8. The number of ether oxygens (including phenoxy) is 1. The Bertz CT molecular complexity index is 400. The molecular formula is C17H27NO. The van der Waals surface area contributed by atoms with E-state index < -0.39 is 0 Å². The molecule has 19 heavy (non-hydrogen) atoms. The molecule has 0 aromatic heterocycles. The second-order valence-corrected chi connectivity index (χ2v) is 6.07. The van der Waals surface area contributed by atoms with E-state index in [1.54, 1.807) is 0 Å². The highest BCUT2D eigenvalue weighted by Crippen LogP contribution is 2.35. The molecule has 1 aromatic carbocycles. The Labute approximate surface area is 117 Å². The van der Waals surface area contributed by atoms with Gasteiger partial charge in [0.2, 0.25) is 0 Å². The van der Waals surface area contributed by atoms with Gasteiger partial charge >= 0.3 is 0 Å². The van der Waals surface area contributed by atoms with Gasteiger partial charge in [-0.3, -0.25) is 0 Å². The third-order valence-corrected chi connectivity index (χ3v) is 4.73. The summed E-state index contributed by atoms with van der Waals surface area (Å²) >= 11 is 0. The summed E-state index contributed by atoms with van der Waals surface area (Å²) in [4.78, 5) is 0. The predicted octanol–water partition coefficient (Wildman–Crippen LogP) is 3.19. The minimum Gasteiger partial charge on any atom is -0.375 e. The topological polar surface area (TPSA) is 21.3 Å². The van der Waals surface area contributed by atoms with Gasteiger partial charge in [0.15, 0.2) is 0 Å². The average Bonchev–Trinajstić information content (AvgIpc) is 2.63. The van der Waals surface area contributed by atoms with Crippen LogP contribution in [-0.2, 0) is 11.2 Å². The van der Waals surface area contributed by atoms with E-state index in [0.717, 1.165) is 6.42 Å². The van der Waals surface area contributed by atoms with Crippen LogP contribution in [0.4, 0.5) is 0 Å². The van der Waals surface area contributed by atoms with Gasteiger partial charge < -0.3 is 10.1 Å². The summed E-state index contributed by atoms with van der Waals surface area (Å²) in [5, 5.41) is 3.51. The largest absolute Gasteiger partial charge is 0.375 e. The lowest BCUT2D eigenvalue weighted by atomic mass is 9.81. The highest BCUT2D eigenvalue weighted by Gasteiger charge is 2.40. The molecule has 2 heteroatoms. The number of rotatable bonds is 4. The fraction of sp³-hybridized carbons (Fsp3) is 0.647. The van der Waals surface area contributed by atoms with Crippen molar-refractivity contribution in [3.63, 3.8) is 0 Å². The zero-order chi connectivity index (χ0) is 14.0. The predicted molar refractivity (Wildman–Crippen MR) is 80.4 cm³/mol. The highest BCUT2D eigenvalue weighted by atomic mass is 16.5. The lowest BCUT2D eigenvalue weighted by molar-refractivity contribution is 0.0479. The average molecular weight is 261 g/mol. The summed E-state index contributed by atoms with van der Waals surface area (Å²) in [6, 6.07) is 9.37. The second-order valence-electron chi connectivity index (χ2n) is 6.07. The SMILES string of the molecule is CNC(Cc1ccc(C)cc1)C1C(C)OC(C)C1C. The summed E-state index contributed by atoms with van der Waals surface area (Å²) in [6.07, 6.45) is 1.79. The van der Waals surface area contributed by atoms with E-state index in [0.29, 0.717) is 30.1 Å². The standard InChI is InChI=1S/C17H27NO/c1-11-6-8-15(9-7-11)10-16(18-5)17-12(2)13(3)19-14(17)4/h6-9,12-14,16-18H,10H2,1-5H3. The summed E-state index contributed by atoms with van der Waals surface area (Å²) in [5.41, 5.74) is 2.73. The van der Waals surface area contributed by atoms with E-state index in [1.165, 1.54) is 11.1 Å². The van der Waals surface area contributed by atoms with E-state index in [2.05, 4.69) is 64.3 Å². The molecular weight excluding hydrogens is 234 g/mol.